The maximum Gasteiger partial charge on any atom is 0.408 e. The van der Waals surface area contributed by atoms with E-state index in [4.69, 9.17) is 9.47 Å². The molecule has 0 aromatic heterocycles. The molecule has 0 aliphatic heterocycles. The summed E-state index contributed by atoms with van der Waals surface area (Å²) < 4.78 is 11.3. The summed E-state index contributed by atoms with van der Waals surface area (Å²) in [5, 5.41) is 2.75. The normalized spacial score (nSPS) is 12.4. The van der Waals surface area contributed by atoms with Crippen LogP contribution in [0.4, 0.5) is 4.79 Å². The van der Waals surface area contributed by atoms with Gasteiger partial charge in [-0.25, -0.2) is 9.59 Å². The maximum atomic E-state index is 13.2. The Bertz CT molecular complexity index is 697. The molecule has 1 atom stereocenters. The van der Waals surface area contributed by atoms with Crippen LogP contribution in [0.15, 0.2) is 30.3 Å². The molecule has 1 aromatic rings. The van der Waals surface area contributed by atoms with Crippen molar-refractivity contribution >= 4 is 12.1 Å². The van der Waals surface area contributed by atoms with Crippen LogP contribution in [0.3, 0.4) is 0 Å². The summed E-state index contributed by atoms with van der Waals surface area (Å²) in [6.45, 7) is 10.3. The zero-order valence-electron chi connectivity index (χ0n) is 24.5. The number of hydrogen-bond acceptors (Lipinski definition) is 4. The fraction of sp³-hybridized carbons (Fsp3) is 0.750. The van der Waals surface area contributed by atoms with E-state index < -0.39 is 17.7 Å². The topological polar surface area (TPSA) is 64.6 Å². The van der Waals surface area contributed by atoms with Gasteiger partial charge in [0, 0.05) is 6.42 Å². The summed E-state index contributed by atoms with van der Waals surface area (Å²) in [6, 6.07) is 8.94. The van der Waals surface area contributed by atoms with Gasteiger partial charge in [-0.1, -0.05) is 121 Å². The predicted octanol–water partition coefficient (Wildman–Crippen LogP) is 8.78. The number of hydrogen-bond donors (Lipinski definition) is 1. The van der Waals surface area contributed by atoms with E-state index in [0.717, 1.165) is 18.4 Å². The summed E-state index contributed by atoms with van der Waals surface area (Å²) in [5.74, 6) is -0.00851. The molecule has 0 bridgehead atoms. The third kappa shape index (κ3) is 18.0. The minimum absolute atomic E-state index is 0.373. The van der Waals surface area contributed by atoms with E-state index in [1.807, 2.05) is 51.1 Å². The number of esters is 1. The maximum absolute atomic E-state index is 13.2. The van der Waals surface area contributed by atoms with Gasteiger partial charge in [-0.2, -0.15) is 0 Å². The highest BCUT2D eigenvalue weighted by Crippen LogP contribution is 2.20. The molecule has 0 spiro atoms. The molecule has 1 rings (SSSR count). The number of nitrogens with one attached hydrogen (secondary N) is 1. The van der Waals surface area contributed by atoms with Gasteiger partial charge in [-0.3, -0.25) is 0 Å². The first-order valence-electron chi connectivity index (χ1n) is 14.9. The van der Waals surface area contributed by atoms with Crippen molar-refractivity contribution in [3.8, 4) is 0 Å². The fourth-order valence-electron chi connectivity index (χ4n) is 4.53. The summed E-state index contributed by atoms with van der Waals surface area (Å²) in [6.07, 6.45) is 17.2. The van der Waals surface area contributed by atoms with Gasteiger partial charge in [0.15, 0.2) is 0 Å². The molecule has 0 radical (unpaired) electrons. The highest BCUT2D eigenvalue weighted by Gasteiger charge is 2.26. The molecule has 0 saturated carbocycles. The molecule has 1 amide bonds. The number of alkyl carbamates (subject to hydrolysis) is 1. The van der Waals surface area contributed by atoms with Crippen LogP contribution in [0.5, 0.6) is 0 Å². The fourth-order valence-corrected chi connectivity index (χ4v) is 4.53. The Morgan fingerprint density at radius 2 is 1.30 bits per heavy atom. The van der Waals surface area contributed by atoms with Crippen molar-refractivity contribution in [2.24, 2.45) is 5.92 Å². The number of carbonyl (C=O) groups is 2. The Morgan fingerprint density at radius 3 is 1.81 bits per heavy atom. The molecule has 5 nitrogen and oxygen atoms in total. The third-order valence-electron chi connectivity index (χ3n) is 6.65. The first-order chi connectivity index (χ1) is 17.7. The molecule has 0 heterocycles. The number of carbonyl (C=O) groups excluding carboxylic acids is 2. The quantitative estimate of drug-likeness (QED) is 0.139. The first-order valence-corrected chi connectivity index (χ1v) is 14.9. The van der Waals surface area contributed by atoms with Crippen LogP contribution in [0, 0.1) is 5.92 Å². The average molecular weight is 518 g/mol. The molecular weight excluding hydrogens is 462 g/mol. The zero-order valence-corrected chi connectivity index (χ0v) is 24.5. The zero-order chi connectivity index (χ0) is 27.4. The Labute approximate surface area is 227 Å². The van der Waals surface area contributed by atoms with E-state index in [-0.39, 0.29) is 5.97 Å². The number of amides is 1. The van der Waals surface area contributed by atoms with Gasteiger partial charge in [0.1, 0.15) is 11.6 Å². The number of rotatable bonds is 20. The van der Waals surface area contributed by atoms with E-state index in [9.17, 15) is 9.59 Å². The molecule has 1 N–H and O–H groups in total. The van der Waals surface area contributed by atoms with Crippen LogP contribution in [-0.4, -0.2) is 30.3 Å². The van der Waals surface area contributed by atoms with Gasteiger partial charge in [-0.05, 0) is 45.1 Å². The van der Waals surface area contributed by atoms with Gasteiger partial charge in [0.25, 0.3) is 0 Å². The van der Waals surface area contributed by atoms with Crippen molar-refractivity contribution in [2.75, 3.05) is 6.61 Å². The summed E-state index contributed by atoms with van der Waals surface area (Å²) in [4.78, 5) is 25.6. The highest BCUT2D eigenvalue weighted by atomic mass is 16.6. The second-order valence-electron chi connectivity index (χ2n) is 11.5. The number of benzene rings is 1. The van der Waals surface area contributed by atoms with Crippen LogP contribution >= 0.6 is 0 Å². The molecule has 0 saturated heterocycles. The lowest BCUT2D eigenvalue weighted by Gasteiger charge is -2.24. The van der Waals surface area contributed by atoms with Crippen LogP contribution < -0.4 is 5.32 Å². The lowest BCUT2D eigenvalue weighted by atomic mass is 9.94. The van der Waals surface area contributed by atoms with Crippen molar-refractivity contribution in [1.29, 1.82) is 0 Å². The van der Waals surface area contributed by atoms with Gasteiger partial charge in [-0.15, -0.1) is 0 Å². The smallest absolute Gasteiger partial charge is 0.408 e. The van der Waals surface area contributed by atoms with Gasteiger partial charge >= 0.3 is 12.1 Å². The lowest BCUT2D eigenvalue weighted by molar-refractivity contribution is -0.147. The monoisotopic (exact) mass is 517 g/mol. The van der Waals surface area contributed by atoms with Gasteiger partial charge in [0.05, 0.1) is 6.61 Å². The second kappa shape index (κ2) is 20.0. The first kappa shape index (κ1) is 33.0. The number of unbranched alkanes of at least 4 members (excludes halogenated alkanes) is 10. The van der Waals surface area contributed by atoms with E-state index >= 15 is 0 Å². The second-order valence-corrected chi connectivity index (χ2v) is 11.5. The van der Waals surface area contributed by atoms with E-state index in [1.54, 1.807) is 0 Å². The van der Waals surface area contributed by atoms with Crippen molar-refractivity contribution < 1.29 is 19.1 Å². The molecule has 5 heteroatoms. The Morgan fingerprint density at radius 1 is 0.784 bits per heavy atom. The lowest BCUT2D eigenvalue weighted by Crippen LogP contribution is -2.45. The Hall–Kier alpha value is -2.04. The Balaban J connectivity index is 2.69. The van der Waals surface area contributed by atoms with Crippen molar-refractivity contribution in [3.05, 3.63) is 35.9 Å². The molecular formula is C32H55NO4. The molecule has 1 aromatic carbocycles. The van der Waals surface area contributed by atoms with Crippen LogP contribution in [0.2, 0.25) is 0 Å². The minimum atomic E-state index is -0.777. The van der Waals surface area contributed by atoms with Crippen LogP contribution in [0.25, 0.3) is 0 Å². The van der Waals surface area contributed by atoms with Gasteiger partial charge in [0.2, 0.25) is 0 Å². The molecule has 37 heavy (non-hydrogen) atoms. The number of ether oxygens (including phenoxy) is 2. The summed E-state index contributed by atoms with van der Waals surface area (Å²) >= 11 is 0. The highest BCUT2D eigenvalue weighted by molar-refractivity contribution is 5.81. The predicted molar refractivity (Wildman–Crippen MR) is 154 cm³/mol. The van der Waals surface area contributed by atoms with E-state index in [1.165, 1.54) is 77.0 Å². The van der Waals surface area contributed by atoms with Crippen LogP contribution in [0.1, 0.15) is 130 Å². The summed E-state index contributed by atoms with van der Waals surface area (Å²) in [5.41, 5.74) is 0.334. The standard InChI is InChI=1S/C32H55NO4/c1-6-8-10-12-14-17-23-28(24-18-15-13-11-9-7-2)26-36-30(34)29(25-27-21-19-16-20-22-27)33-31(35)37-32(3,4)5/h16,19-22,28-29H,6-15,17-18,23-26H2,1-5H3,(H,33,35)/t29-/m0/s1. The minimum Gasteiger partial charge on any atom is -0.464 e. The molecule has 0 aliphatic rings. The van der Waals surface area contributed by atoms with E-state index in [2.05, 4.69) is 19.2 Å². The Kier molecular flexibility index (Phi) is 17.8. The summed E-state index contributed by atoms with van der Waals surface area (Å²) in [7, 11) is 0. The molecule has 0 aliphatic carbocycles. The third-order valence-corrected chi connectivity index (χ3v) is 6.65. The van der Waals surface area contributed by atoms with E-state index in [0.29, 0.717) is 18.9 Å². The molecule has 0 unspecified atom stereocenters. The molecule has 212 valence electrons. The van der Waals surface area contributed by atoms with Crippen molar-refractivity contribution in [2.45, 2.75) is 143 Å². The SMILES string of the molecule is CCCCCCCCC(CCCCCCCC)COC(=O)[C@H](Cc1ccccc1)NC(=O)OC(C)(C)C. The van der Waals surface area contributed by atoms with Crippen LogP contribution in [-0.2, 0) is 20.7 Å². The molecule has 0 fully saturated rings. The van der Waals surface area contributed by atoms with Crippen molar-refractivity contribution in [3.63, 3.8) is 0 Å². The van der Waals surface area contributed by atoms with Crippen molar-refractivity contribution in [1.82, 2.24) is 5.32 Å². The largest absolute Gasteiger partial charge is 0.464 e. The average Bonchev–Trinajstić information content (AvgIpc) is 2.85. The van der Waals surface area contributed by atoms with Gasteiger partial charge < -0.3 is 14.8 Å².